The van der Waals surface area contributed by atoms with Gasteiger partial charge in [0.15, 0.2) is 6.10 Å². The average Bonchev–Trinajstić information content (AvgIpc) is 2.49. The molecule has 1 aromatic carbocycles. The third kappa shape index (κ3) is 5.09. The molecule has 0 aliphatic rings. The standard InChI is InChI=1S/C16H23F4NOS/c1-4-5-10-23-21-15(3,11(2)14(22)16(18,19)20)12-8-6-7-9-13(12)17/h6-9,11,14,21-22H,4-5,10H2,1-3H3/t11?,14?,15-/m0/s1. The Morgan fingerprint density at radius 2 is 1.87 bits per heavy atom. The van der Waals surface area contributed by atoms with Gasteiger partial charge in [-0.2, -0.15) is 13.2 Å². The van der Waals surface area contributed by atoms with E-state index in [1.54, 1.807) is 6.07 Å². The number of aliphatic hydroxyl groups is 1. The molecule has 0 aliphatic heterocycles. The van der Waals surface area contributed by atoms with E-state index in [2.05, 4.69) is 4.72 Å². The maximum absolute atomic E-state index is 14.2. The quantitative estimate of drug-likeness (QED) is 0.406. The Labute approximate surface area is 138 Å². The minimum absolute atomic E-state index is 0.111. The lowest BCUT2D eigenvalue weighted by atomic mass is 9.78. The molecule has 0 fully saturated rings. The molecule has 0 amide bonds. The first kappa shape index (κ1) is 20.3. The molecule has 1 rings (SSSR count). The predicted molar refractivity (Wildman–Crippen MR) is 85.5 cm³/mol. The summed E-state index contributed by atoms with van der Waals surface area (Å²) in [5.74, 6) is -1.18. The highest BCUT2D eigenvalue weighted by atomic mass is 32.2. The molecule has 132 valence electrons. The molecular weight excluding hydrogens is 330 g/mol. The van der Waals surface area contributed by atoms with Crippen LogP contribution in [0.5, 0.6) is 0 Å². The van der Waals surface area contributed by atoms with Crippen LogP contribution in [0, 0.1) is 11.7 Å². The number of hydrogen-bond donors (Lipinski definition) is 2. The van der Waals surface area contributed by atoms with Crippen LogP contribution < -0.4 is 4.72 Å². The van der Waals surface area contributed by atoms with Crippen LogP contribution in [0.25, 0.3) is 0 Å². The van der Waals surface area contributed by atoms with Gasteiger partial charge in [0.2, 0.25) is 0 Å². The second-order valence-corrected chi connectivity index (χ2v) is 6.66. The van der Waals surface area contributed by atoms with Crippen molar-refractivity contribution in [2.75, 3.05) is 5.75 Å². The number of alkyl halides is 3. The molecular formula is C16H23F4NOS. The van der Waals surface area contributed by atoms with Crippen molar-refractivity contribution in [3.8, 4) is 0 Å². The minimum Gasteiger partial charge on any atom is -0.383 e. The molecule has 23 heavy (non-hydrogen) atoms. The van der Waals surface area contributed by atoms with Crippen molar-refractivity contribution in [3.63, 3.8) is 0 Å². The molecule has 0 heterocycles. The zero-order valence-electron chi connectivity index (χ0n) is 13.5. The Bertz CT molecular complexity index is 497. The van der Waals surface area contributed by atoms with Gasteiger partial charge in [-0.15, -0.1) is 0 Å². The van der Waals surface area contributed by atoms with Gasteiger partial charge in [0.05, 0.1) is 5.54 Å². The Morgan fingerprint density at radius 3 is 2.39 bits per heavy atom. The molecule has 0 aromatic heterocycles. The lowest BCUT2D eigenvalue weighted by Gasteiger charge is -2.39. The van der Waals surface area contributed by atoms with E-state index in [1.807, 2.05) is 6.92 Å². The lowest BCUT2D eigenvalue weighted by Crippen LogP contribution is -2.51. The van der Waals surface area contributed by atoms with Crippen LogP contribution in [0.1, 0.15) is 39.2 Å². The second kappa shape index (κ2) is 8.35. The maximum Gasteiger partial charge on any atom is 0.414 e. The summed E-state index contributed by atoms with van der Waals surface area (Å²) in [4.78, 5) is 0. The van der Waals surface area contributed by atoms with E-state index >= 15 is 0 Å². The highest BCUT2D eigenvalue weighted by molar-refractivity contribution is 7.97. The van der Waals surface area contributed by atoms with Gasteiger partial charge in [0, 0.05) is 17.2 Å². The first-order chi connectivity index (χ1) is 10.6. The van der Waals surface area contributed by atoms with E-state index < -0.39 is 29.6 Å². The summed E-state index contributed by atoms with van der Waals surface area (Å²) < 4.78 is 55.9. The highest BCUT2D eigenvalue weighted by Gasteiger charge is 2.49. The van der Waals surface area contributed by atoms with E-state index in [9.17, 15) is 22.7 Å². The SMILES string of the molecule is CCCCSN[C@](C)(c1ccccc1F)C(C)C(O)C(F)(F)F. The zero-order chi connectivity index (χ0) is 17.7. The van der Waals surface area contributed by atoms with Crippen LogP contribution in [0.2, 0.25) is 0 Å². The van der Waals surface area contributed by atoms with Crippen LogP contribution in [0.3, 0.4) is 0 Å². The zero-order valence-corrected chi connectivity index (χ0v) is 14.3. The largest absolute Gasteiger partial charge is 0.414 e. The number of hydrogen-bond acceptors (Lipinski definition) is 3. The van der Waals surface area contributed by atoms with E-state index in [1.165, 1.54) is 44.0 Å². The summed E-state index contributed by atoms with van der Waals surface area (Å²) in [6.07, 6.45) is -5.47. The topological polar surface area (TPSA) is 32.3 Å². The van der Waals surface area contributed by atoms with Crippen LogP contribution in [-0.4, -0.2) is 23.1 Å². The van der Waals surface area contributed by atoms with Crippen molar-refractivity contribution in [2.45, 2.75) is 51.4 Å². The fourth-order valence-electron chi connectivity index (χ4n) is 2.29. The maximum atomic E-state index is 14.2. The molecule has 0 aliphatic carbocycles. The van der Waals surface area contributed by atoms with Gasteiger partial charge >= 0.3 is 6.18 Å². The van der Waals surface area contributed by atoms with E-state index in [-0.39, 0.29) is 5.56 Å². The smallest absolute Gasteiger partial charge is 0.383 e. The monoisotopic (exact) mass is 353 g/mol. The van der Waals surface area contributed by atoms with Crippen molar-refractivity contribution in [3.05, 3.63) is 35.6 Å². The van der Waals surface area contributed by atoms with Gasteiger partial charge in [-0.25, -0.2) is 4.39 Å². The third-order valence-electron chi connectivity index (χ3n) is 4.04. The molecule has 0 saturated carbocycles. The number of unbranched alkanes of at least 4 members (excludes halogenated alkanes) is 1. The normalized spacial score (nSPS) is 17.6. The van der Waals surface area contributed by atoms with Crippen LogP contribution in [0.15, 0.2) is 24.3 Å². The molecule has 0 saturated heterocycles. The Morgan fingerprint density at radius 1 is 1.26 bits per heavy atom. The molecule has 1 aromatic rings. The minimum atomic E-state index is -4.76. The van der Waals surface area contributed by atoms with Crippen LogP contribution in [0.4, 0.5) is 17.6 Å². The van der Waals surface area contributed by atoms with Gasteiger partial charge in [-0.1, -0.05) is 50.4 Å². The molecule has 0 spiro atoms. The van der Waals surface area contributed by atoms with Gasteiger partial charge < -0.3 is 5.11 Å². The van der Waals surface area contributed by atoms with Crippen molar-refractivity contribution < 1.29 is 22.7 Å². The fraction of sp³-hybridized carbons (Fsp3) is 0.625. The van der Waals surface area contributed by atoms with Crippen molar-refractivity contribution in [1.29, 1.82) is 0 Å². The molecule has 3 atom stereocenters. The van der Waals surface area contributed by atoms with Crippen LogP contribution in [-0.2, 0) is 5.54 Å². The number of benzene rings is 1. The molecule has 2 unspecified atom stereocenters. The molecule has 0 bridgehead atoms. The molecule has 7 heteroatoms. The van der Waals surface area contributed by atoms with Gasteiger partial charge in [-0.3, -0.25) is 4.72 Å². The summed E-state index contributed by atoms with van der Waals surface area (Å²) in [5.41, 5.74) is -1.25. The highest BCUT2D eigenvalue weighted by Crippen LogP contribution is 2.39. The Kier molecular flexibility index (Phi) is 7.35. The first-order valence-corrected chi connectivity index (χ1v) is 8.52. The Hall–Kier alpha value is -0.790. The number of halogens is 4. The van der Waals surface area contributed by atoms with Crippen molar-refractivity contribution >= 4 is 11.9 Å². The van der Waals surface area contributed by atoms with Gasteiger partial charge in [0.1, 0.15) is 5.82 Å². The van der Waals surface area contributed by atoms with Crippen LogP contribution >= 0.6 is 11.9 Å². The van der Waals surface area contributed by atoms with E-state index in [4.69, 9.17) is 0 Å². The molecule has 2 nitrogen and oxygen atoms in total. The van der Waals surface area contributed by atoms with Crippen molar-refractivity contribution in [1.82, 2.24) is 4.72 Å². The number of nitrogens with one attached hydrogen (secondary N) is 1. The lowest BCUT2D eigenvalue weighted by molar-refractivity contribution is -0.224. The second-order valence-electron chi connectivity index (χ2n) is 5.76. The number of aliphatic hydroxyl groups excluding tert-OH is 1. The van der Waals surface area contributed by atoms with E-state index in [0.29, 0.717) is 5.75 Å². The fourth-order valence-corrected chi connectivity index (χ4v) is 3.42. The predicted octanol–water partition coefficient (Wildman–Crippen LogP) is 4.64. The van der Waals surface area contributed by atoms with E-state index in [0.717, 1.165) is 12.8 Å². The summed E-state index contributed by atoms with van der Waals surface area (Å²) in [5, 5.41) is 9.65. The summed E-state index contributed by atoms with van der Waals surface area (Å²) in [6.45, 7) is 4.77. The first-order valence-electron chi connectivity index (χ1n) is 7.53. The van der Waals surface area contributed by atoms with Gasteiger partial charge in [-0.05, 0) is 19.4 Å². The summed E-state index contributed by atoms with van der Waals surface area (Å²) in [6, 6.07) is 5.71. The number of rotatable bonds is 8. The third-order valence-corrected chi connectivity index (χ3v) is 5.10. The summed E-state index contributed by atoms with van der Waals surface area (Å²) >= 11 is 1.25. The Balaban J connectivity index is 3.13. The molecule has 0 radical (unpaired) electrons. The molecule has 2 N–H and O–H groups in total. The summed E-state index contributed by atoms with van der Waals surface area (Å²) in [7, 11) is 0. The average molecular weight is 353 g/mol. The van der Waals surface area contributed by atoms with Crippen molar-refractivity contribution in [2.24, 2.45) is 5.92 Å². The van der Waals surface area contributed by atoms with Gasteiger partial charge in [0.25, 0.3) is 0 Å².